The SMILES string of the molecule is Cc1ccc(N2C[C@@H](C)O[C@@H](C)C2)c(/C=C/C(=O)O)c1. The van der Waals surface area contributed by atoms with Crippen molar-refractivity contribution in [2.24, 2.45) is 0 Å². The molecule has 1 heterocycles. The van der Waals surface area contributed by atoms with Gasteiger partial charge in [0, 0.05) is 24.9 Å². The summed E-state index contributed by atoms with van der Waals surface area (Å²) < 4.78 is 5.75. The number of aliphatic carboxylic acids is 1. The minimum Gasteiger partial charge on any atom is -0.478 e. The lowest BCUT2D eigenvalue weighted by Gasteiger charge is -2.37. The molecule has 2 atom stereocenters. The summed E-state index contributed by atoms with van der Waals surface area (Å²) in [6.07, 6.45) is 3.20. The zero-order valence-electron chi connectivity index (χ0n) is 12.2. The maximum Gasteiger partial charge on any atom is 0.328 e. The van der Waals surface area contributed by atoms with Gasteiger partial charge < -0.3 is 14.7 Å². The van der Waals surface area contributed by atoms with Crippen molar-refractivity contribution in [2.75, 3.05) is 18.0 Å². The number of aryl methyl sites for hydroxylation is 1. The zero-order chi connectivity index (χ0) is 14.7. The predicted molar refractivity (Wildman–Crippen MR) is 80.1 cm³/mol. The van der Waals surface area contributed by atoms with Gasteiger partial charge in [-0.25, -0.2) is 4.79 Å². The molecule has 1 aliphatic rings. The Morgan fingerprint density at radius 3 is 2.60 bits per heavy atom. The van der Waals surface area contributed by atoms with E-state index < -0.39 is 5.97 Å². The van der Waals surface area contributed by atoms with Gasteiger partial charge in [0.1, 0.15) is 0 Å². The van der Waals surface area contributed by atoms with Crippen LogP contribution < -0.4 is 4.90 Å². The molecule has 1 N–H and O–H groups in total. The van der Waals surface area contributed by atoms with E-state index in [1.54, 1.807) is 6.08 Å². The number of morpholine rings is 1. The lowest BCUT2D eigenvalue weighted by Crippen LogP contribution is -2.45. The van der Waals surface area contributed by atoms with Crippen molar-refractivity contribution >= 4 is 17.7 Å². The molecule has 0 radical (unpaired) electrons. The molecule has 20 heavy (non-hydrogen) atoms. The Morgan fingerprint density at radius 2 is 2.00 bits per heavy atom. The minimum atomic E-state index is -0.929. The molecule has 1 saturated heterocycles. The van der Waals surface area contributed by atoms with Gasteiger partial charge in [0.25, 0.3) is 0 Å². The van der Waals surface area contributed by atoms with Crippen LogP contribution in [0.15, 0.2) is 24.3 Å². The molecule has 1 aliphatic heterocycles. The van der Waals surface area contributed by atoms with Crippen molar-refractivity contribution in [3.63, 3.8) is 0 Å². The van der Waals surface area contributed by atoms with Gasteiger partial charge in [-0.1, -0.05) is 11.6 Å². The fourth-order valence-corrected chi connectivity index (χ4v) is 2.63. The van der Waals surface area contributed by atoms with Gasteiger partial charge in [-0.05, 0) is 44.5 Å². The van der Waals surface area contributed by atoms with Gasteiger partial charge in [-0.15, -0.1) is 0 Å². The monoisotopic (exact) mass is 275 g/mol. The Hall–Kier alpha value is -1.81. The largest absolute Gasteiger partial charge is 0.478 e. The molecule has 0 amide bonds. The first kappa shape index (κ1) is 14.6. The lowest BCUT2D eigenvalue weighted by atomic mass is 10.1. The molecule has 0 unspecified atom stereocenters. The summed E-state index contributed by atoms with van der Waals surface area (Å²) in [6, 6.07) is 6.12. The third-order valence-electron chi connectivity index (χ3n) is 3.35. The highest BCUT2D eigenvalue weighted by Gasteiger charge is 2.23. The standard InChI is InChI=1S/C16H21NO3/c1-11-4-6-15(14(8-11)5-7-16(18)19)17-9-12(2)20-13(3)10-17/h4-8,12-13H,9-10H2,1-3H3,(H,18,19)/b7-5+/t12-,13+. The molecule has 0 bridgehead atoms. The van der Waals surface area contributed by atoms with Gasteiger partial charge in [-0.3, -0.25) is 0 Å². The maximum atomic E-state index is 10.7. The molecule has 4 heteroatoms. The van der Waals surface area contributed by atoms with E-state index in [9.17, 15) is 4.79 Å². The van der Waals surface area contributed by atoms with Gasteiger partial charge in [0.15, 0.2) is 0 Å². The molecule has 0 aromatic heterocycles. The van der Waals surface area contributed by atoms with Crippen LogP contribution >= 0.6 is 0 Å². The van der Waals surface area contributed by atoms with Crippen LogP contribution in [0.25, 0.3) is 6.08 Å². The highest BCUT2D eigenvalue weighted by atomic mass is 16.5. The summed E-state index contributed by atoms with van der Waals surface area (Å²) in [5, 5.41) is 8.81. The van der Waals surface area contributed by atoms with Crippen molar-refractivity contribution in [3.8, 4) is 0 Å². The average molecular weight is 275 g/mol. The Balaban J connectivity index is 2.32. The third kappa shape index (κ3) is 3.61. The van der Waals surface area contributed by atoms with Gasteiger partial charge in [-0.2, -0.15) is 0 Å². The van der Waals surface area contributed by atoms with Crippen molar-refractivity contribution in [2.45, 2.75) is 33.0 Å². The van der Waals surface area contributed by atoms with Gasteiger partial charge >= 0.3 is 5.97 Å². The third-order valence-corrected chi connectivity index (χ3v) is 3.35. The van der Waals surface area contributed by atoms with Crippen molar-refractivity contribution in [1.29, 1.82) is 0 Å². The second-order valence-electron chi connectivity index (χ2n) is 5.40. The van der Waals surface area contributed by atoms with E-state index in [1.165, 1.54) is 6.08 Å². The number of ether oxygens (including phenoxy) is 1. The predicted octanol–water partition coefficient (Wildman–Crippen LogP) is 2.71. The van der Waals surface area contributed by atoms with E-state index >= 15 is 0 Å². The van der Waals surface area contributed by atoms with Crippen LogP contribution in [-0.2, 0) is 9.53 Å². The Morgan fingerprint density at radius 1 is 1.35 bits per heavy atom. The van der Waals surface area contributed by atoms with E-state index in [1.807, 2.05) is 13.0 Å². The van der Waals surface area contributed by atoms with Crippen LogP contribution in [0.4, 0.5) is 5.69 Å². The molecule has 0 saturated carbocycles. The molecule has 2 rings (SSSR count). The number of nitrogens with zero attached hydrogens (tertiary/aromatic N) is 1. The molecular formula is C16H21NO3. The fourth-order valence-electron chi connectivity index (χ4n) is 2.63. The van der Waals surface area contributed by atoms with Gasteiger partial charge in [0.05, 0.1) is 12.2 Å². The second kappa shape index (κ2) is 6.09. The molecule has 0 aliphatic carbocycles. The van der Waals surface area contributed by atoms with E-state index in [-0.39, 0.29) is 12.2 Å². The number of rotatable bonds is 3. The first-order valence-electron chi connectivity index (χ1n) is 6.88. The first-order valence-corrected chi connectivity index (χ1v) is 6.88. The summed E-state index contributed by atoms with van der Waals surface area (Å²) >= 11 is 0. The van der Waals surface area contributed by atoms with E-state index in [0.29, 0.717) is 0 Å². The average Bonchev–Trinajstić information content (AvgIpc) is 2.35. The van der Waals surface area contributed by atoms with Crippen LogP contribution in [0.3, 0.4) is 0 Å². The smallest absolute Gasteiger partial charge is 0.328 e. The number of anilines is 1. The van der Waals surface area contributed by atoms with Gasteiger partial charge in [0.2, 0.25) is 0 Å². The molecule has 1 aromatic rings. The minimum absolute atomic E-state index is 0.177. The normalized spacial score (nSPS) is 23.2. The van der Waals surface area contributed by atoms with E-state index in [0.717, 1.165) is 29.9 Å². The van der Waals surface area contributed by atoms with Crippen LogP contribution in [0, 0.1) is 6.92 Å². The van der Waals surface area contributed by atoms with Crippen molar-refractivity contribution < 1.29 is 14.6 Å². The van der Waals surface area contributed by atoms with Crippen molar-refractivity contribution in [3.05, 3.63) is 35.4 Å². The summed E-state index contributed by atoms with van der Waals surface area (Å²) in [5.41, 5.74) is 3.12. The number of carbonyl (C=O) groups is 1. The maximum absolute atomic E-state index is 10.7. The summed E-state index contributed by atoms with van der Waals surface area (Å²) in [6.45, 7) is 7.77. The molecule has 0 spiro atoms. The molecule has 1 fully saturated rings. The van der Waals surface area contributed by atoms with Crippen LogP contribution in [0.2, 0.25) is 0 Å². The summed E-state index contributed by atoms with van der Waals surface area (Å²) in [7, 11) is 0. The van der Waals surface area contributed by atoms with Crippen LogP contribution in [0.5, 0.6) is 0 Å². The number of hydrogen-bond acceptors (Lipinski definition) is 3. The molecule has 1 aromatic carbocycles. The zero-order valence-corrected chi connectivity index (χ0v) is 12.2. The van der Waals surface area contributed by atoms with Crippen molar-refractivity contribution in [1.82, 2.24) is 0 Å². The molecule has 4 nitrogen and oxygen atoms in total. The number of carboxylic acids is 1. The topological polar surface area (TPSA) is 49.8 Å². The second-order valence-corrected chi connectivity index (χ2v) is 5.40. The van der Waals surface area contributed by atoms with Crippen LogP contribution in [0.1, 0.15) is 25.0 Å². The highest BCUT2D eigenvalue weighted by Crippen LogP contribution is 2.26. The molecular weight excluding hydrogens is 254 g/mol. The Bertz CT molecular complexity index is 514. The first-order chi connectivity index (χ1) is 9.45. The summed E-state index contributed by atoms with van der Waals surface area (Å²) in [4.78, 5) is 13.0. The van der Waals surface area contributed by atoms with E-state index in [2.05, 4.69) is 30.9 Å². The fraction of sp³-hybridized carbons (Fsp3) is 0.438. The van der Waals surface area contributed by atoms with E-state index in [4.69, 9.17) is 9.84 Å². The highest BCUT2D eigenvalue weighted by molar-refractivity contribution is 5.87. The quantitative estimate of drug-likeness (QED) is 0.862. The number of benzene rings is 1. The Labute approximate surface area is 119 Å². The Kier molecular flexibility index (Phi) is 4.45. The number of hydrogen-bond donors (Lipinski definition) is 1. The van der Waals surface area contributed by atoms with Crippen LogP contribution in [-0.4, -0.2) is 36.4 Å². The molecule has 108 valence electrons. The summed E-state index contributed by atoms with van der Waals surface area (Å²) in [5.74, 6) is -0.929. The lowest BCUT2D eigenvalue weighted by molar-refractivity contribution is -0.131. The number of carboxylic acid groups (broad SMARTS) is 1.